The third-order valence-corrected chi connectivity index (χ3v) is 1.46. The van der Waals surface area contributed by atoms with Gasteiger partial charge in [0, 0.05) is 19.5 Å². The monoisotopic (exact) mass is 172 g/mol. The molecule has 0 radical (unpaired) electrons. The van der Waals surface area contributed by atoms with Crippen molar-refractivity contribution < 1.29 is 4.74 Å². The summed E-state index contributed by atoms with van der Waals surface area (Å²) in [5.41, 5.74) is 1.04. The van der Waals surface area contributed by atoms with Crippen molar-refractivity contribution in [2.75, 3.05) is 13.7 Å². The Bertz CT molecular complexity index is 212. The van der Waals surface area contributed by atoms with Gasteiger partial charge in [-0.15, -0.1) is 0 Å². The van der Waals surface area contributed by atoms with Crippen LogP contribution in [0.5, 0.6) is 0 Å². The Hall–Kier alpha value is -0.670. The van der Waals surface area contributed by atoms with Gasteiger partial charge in [-0.25, -0.2) is 9.97 Å². The summed E-state index contributed by atoms with van der Waals surface area (Å²) in [5, 5.41) is 0.283. The molecule has 0 aliphatic rings. The van der Waals surface area contributed by atoms with Crippen LogP contribution < -0.4 is 0 Å². The van der Waals surface area contributed by atoms with Gasteiger partial charge in [-0.2, -0.15) is 0 Å². The second-order valence-electron chi connectivity index (χ2n) is 2.10. The zero-order chi connectivity index (χ0) is 8.10. The fourth-order valence-corrected chi connectivity index (χ4v) is 0.786. The first-order valence-electron chi connectivity index (χ1n) is 3.28. The number of hydrogen-bond acceptors (Lipinski definition) is 3. The molecule has 1 aromatic heterocycles. The number of hydrogen-bond donors (Lipinski definition) is 0. The van der Waals surface area contributed by atoms with Gasteiger partial charge in [-0.1, -0.05) is 0 Å². The lowest BCUT2D eigenvalue weighted by atomic mass is 10.3. The third kappa shape index (κ3) is 2.82. The second kappa shape index (κ2) is 4.26. The van der Waals surface area contributed by atoms with E-state index >= 15 is 0 Å². The van der Waals surface area contributed by atoms with Crippen LogP contribution in [0.15, 0.2) is 12.4 Å². The number of nitrogens with zero attached hydrogens (tertiary/aromatic N) is 2. The Labute approximate surface area is 70.4 Å². The van der Waals surface area contributed by atoms with Crippen molar-refractivity contribution in [1.82, 2.24) is 9.97 Å². The lowest BCUT2D eigenvalue weighted by Crippen LogP contribution is -1.95. The molecule has 0 amide bonds. The van der Waals surface area contributed by atoms with Crippen LogP contribution in [0.1, 0.15) is 5.56 Å². The van der Waals surface area contributed by atoms with E-state index in [-0.39, 0.29) is 5.28 Å². The van der Waals surface area contributed by atoms with E-state index in [0.29, 0.717) is 6.61 Å². The summed E-state index contributed by atoms with van der Waals surface area (Å²) < 4.78 is 4.89. The van der Waals surface area contributed by atoms with E-state index in [0.717, 1.165) is 12.0 Å². The maximum Gasteiger partial charge on any atom is 0.222 e. The molecule has 0 aliphatic heterocycles. The molecule has 0 unspecified atom stereocenters. The van der Waals surface area contributed by atoms with E-state index in [1.807, 2.05) is 0 Å². The van der Waals surface area contributed by atoms with E-state index in [2.05, 4.69) is 9.97 Å². The number of aromatic nitrogens is 2. The fourth-order valence-electron chi connectivity index (χ4n) is 0.688. The van der Waals surface area contributed by atoms with Crippen molar-refractivity contribution in [2.45, 2.75) is 6.42 Å². The van der Waals surface area contributed by atoms with Gasteiger partial charge in [-0.05, 0) is 23.6 Å². The van der Waals surface area contributed by atoms with Gasteiger partial charge in [0.2, 0.25) is 5.28 Å². The Balaban J connectivity index is 2.52. The van der Waals surface area contributed by atoms with Crippen molar-refractivity contribution in [3.05, 3.63) is 23.2 Å². The molecule has 4 heteroatoms. The fraction of sp³-hybridized carbons (Fsp3) is 0.429. The van der Waals surface area contributed by atoms with Gasteiger partial charge < -0.3 is 4.74 Å². The standard InChI is InChI=1S/C7H9ClN2O/c1-11-3-2-6-4-9-7(8)10-5-6/h4-5H,2-3H2,1H3. The Kier molecular flexibility index (Phi) is 3.26. The molecule has 1 heterocycles. The van der Waals surface area contributed by atoms with Gasteiger partial charge in [0.15, 0.2) is 0 Å². The van der Waals surface area contributed by atoms with E-state index < -0.39 is 0 Å². The van der Waals surface area contributed by atoms with Gasteiger partial charge in [-0.3, -0.25) is 0 Å². The molecular formula is C7H9ClN2O. The minimum absolute atomic E-state index is 0.283. The first-order chi connectivity index (χ1) is 5.33. The van der Waals surface area contributed by atoms with E-state index in [4.69, 9.17) is 16.3 Å². The lowest BCUT2D eigenvalue weighted by Gasteiger charge is -1.97. The molecule has 1 aromatic rings. The Morgan fingerprint density at radius 2 is 2.09 bits per heavy atom. The van der Waals surface area contributed by atoms with Crippen LogP contribution in [-0.2, 0) is 11.2 Å². The number of ether oxygens (including phenoxy) is 1. The van der Waals surface area contributed by atoms with Crippen LogP contribution in [-0.4, -0.2) is 23.7 Å². The predicted octanol–water partition coefficient (Wildman–Crippen LogP) is 1.32. The quantitative estimate of drug-likeness (QED) is 0.645. The highest BCUT2D eigenvalue weighted by molar-refractivity contribution is 6.28. The summed E-state index contributed by atoms with van der Waals surface area (Å²) in [5.74, 6) is 0. The molecule has 0 aromatic carbocycles. The first-order valence-corrected chi connectivity index (χ1v) is 3.66. The average molecular weight is 173 g/mol. The summed E-state index contributed by atoms with van der Waals surface area (Å²) >= 11 is 5.49. The zero-order valence-corrected chi connectivity index (χ0v) is 7.01. The van der Waals surface area contributed by atoms with Gasteiger partial charge >= 0.3 is 0 Å². The minimum Gasteiger partial charge on any atom is -0.384 e. The molecular weight excluding hydrogens is 164 g/mol. The first kappa shape index (κ1) is 8.43. The highest BCUT2D eigenvalue weighted by Crippen LogP contribution is 2.00. The smallest absolute Gasteiger partial charge is 0.222 e. The zero-order valence-electron chi connectivity index (χ0n) is 6.25. The van der Waals surface area contributed by atoms with Crippen LogP contribution >= 0.6 is 11.6 Å². The largest absolute Gasteiger partial charge is 0.384 e. The van der Waals surface area contributed by atoms with E-state index in [9.17, 15) is 0 Å². The second-order valence-corrected chi connectivity index (χ2v) is 2.44. The molecule has 0 aliphatic carbocycles. The summed E-state index contributed by atoms with van der Waals surface area (Å²) in [6, 6.07) is 0. The predicted molar refractivity (Wildman–Crippen MR) is 42.6 cm³/mol. The van der Waals surface area contributed by atoms with Crippen molar-refractivity contribution in [1.29, 1.82) is 0 Å². The van der Waals surface area contributed by atoms with Gasteiger partial charge in [0.05, 0.1) is 6.61 Å². The van der Waals surface area contributed by atoms with Crippen LogP contribution in [0.4, 0.5) is 0 Å². The van der Waals surface area contributed by atoms with Crippen LogP contribution in [0.25, 0.3) is 0 Å². The highest BCUT2D eigenvalue weighted by atomic mass is 35.5. The summed E-state index contributed by atoms with van der Waals surface area (Å²) in [6.07, 6.45) is 4.23. The number of methoxy groups -OCH3 is 1. The van der Waals surface area contributed by atoms with E-state index in [1.165, 1.54) is 0 Å². The van der Waals surface area contributed by atoms with Crippen LogP contribution in [0.3, 0.4) is 0 Å². The number of halogens is 1. The lowest BCUT2D eigenvalue weighted by molar-refractivity contribution is 0.202. The van der Waals surface area contributed by atoms with Crippen molar-refractivity contribution >= 4 is 11.6 Å². The summed E-state index contributed by atoms with van der Waals surface area (Å²) in [6.45, 7) is 0.686. The molecule has 11 heavy (non-hydrogen) atoms. The molecule has 3 nitrogen and oxygen atoms in total. The van der Waals surface area contributed by atoms with Crippen LogP contribution in [0.2, 0.25) is 5.28 Å². The van der Waals surface area contributed by atoms with Crippen molar-refractivity contribution in [2.24, 2.45) is 0 Å². The topological polar surface area (TPSA) is 35.0 Å². The summed E-state index contributed by atoms with van der Waals surface area (Å²) in [7, 11) is 1.66. The molecule has 0 bridgehead atoms. The average Bonchev–Trinajstić information content (AvgIpc) is 2.04. The third-order valence-electron chi connectivity index (χ3n) is 1.27. The molecule has 60 valence electrons. The maximum atomic E-state index is 5.49. The molecule has 0 fully saturated rings. The minimum atomic E-state index is 0.283. The molecule has 0 atom stereocenters. The molecule has 0 saturated heterocycles. The van der Waals surface area contributed by atoms with Crippen molar-refractivity contribution in [3.8, 4) is 0 Å². The van der Waals surface area contributed by atoms with Crippen LogP contribution in [0, 0.1) is 0 Å². The van der Waals surface area contributed by atoms with E-state index in [1.54, 1.807) is 19.5 Å². The molecule has 0 N–H and O–H groups in total. The molecule has 0 saturated carbocycles. The maximum absolute atomic E-state index is 5.49. The van der Waals surface area contributed by atoms with Gasteiger partial charge in [0.1, 0.15) is 0 Å². The normalized spacial score (nSPS) is 10.0. The Morgan fingerprint density at radius 3 is 2.64 bits per heavy atom. The molecule has 0 spiro atoms. The SMILES string of the molecule is COCCc1cnc(Cl)nc1. The number of rotatable bonds is 3. The highest BCUT2D eigenvalue weighted by Gasteiger charge is 1.93. The van der Waals surface area contributed by atoms with Gasteiger partial charge in [0.25, 0.3) is 0 Å². The van der Waals surface area contributed by atoms with Crippen molar-refractivity contribution in [3.63, 3.8) is 0 Å². The summed E-state index contributed by atoms with van der Waals surface area (Å²) in [4.78, 5) is 7.66. The molecule has 1 rings (SSSR count). The Morgan fingerprint density at radius 1 is 1.45 bits per heavy atom.